The fraction of sp³-hybridized carbons (Fsp3) is 0.118. The van der Waals surface area contributed by atoms with E-state index in [0.717, 1.165) is 21.5 Å². The van der Waals surface area contributed by atoms with Crippen molar-refractivity contribution in [1.29, 1.82) is 0 Å². The SMILES string of the molecule is CCOC(=O)c1cc(O)c2cc3ccccc3cc2c1. The highest BCUT2D eigenvalue weighted by Gasteiger charge is 2.11. The molecule has 0 saturated carbocycles. The van der Waals surface area contributed by atoms with Crippen LogP contribution in [-0.4, -0.2) is 17.7 Å². The number of phenolic OH excluding ortho intramolecular Hbond substituents is 1. The Morgan fingerprint density at radius 2 is 1.75 bits per heavy atom. The molecule has 0 atom stereocenters. The maximum absolute atomic E-state index is 11.8. The lowest BCUT2D eigenvalue weighted by atomic mass is 10.0. The molecule has 3 aromatic rings. The summed E-state index contributed by atoms with van der Waals surface area (Å²) in [6, 6.07) is 15.0. The first-order valence-corrected chi connectivity index (χ1v) is 6.51. The molecule has 3 rings (SSSR count). The highest BCUT2D eigenvalue weighted by Crippen LogP contribution is 2.30. The molecular weight excluding hydrogens is 252 g/mol. The summed E-state index contributed by atoms with van der Waals surface area (Å²) in [6.07, 6.45) is 0. The highest BCUT2D eigenvalue weighted by molar-refractivity contribution is 6.04. The van der Waals surface area contributed by atoms with Crippen LogP contribution in [0.25, 0.3) is 21.5 Å². The highest BCUT2D eigenvalue weighted by atomic mass is 16.5. The smallest absolute Gasteiger partial charge is 0.338 e. The number of esters is 1. The third-order valence-corrected chi connectivity index (χ3v) is 3.31. The molecule has 0 fully saturated rings. The Hall–Kier alpha value is -2.55. The van der Waals surface area contributed by atoms with Crippen LogP contribution in [0.3, 0.4) is 0 Å². The molecule has 0 radical (unpaired) electrons. The molecule has 0 unspecified atom stereocenters. The Labute approximate surface area is 116 Å². The molecule has 1 N–H and O–H groups in total. The van der Waals surface area contributed by atoms with Gasteiger partial charge in [-0.3, -0.25) is 0 Å². The standard InChI is InChI=1S/C17H14O3/c1-2-20-17(19)14-8-13-7-11-5-3-4-6-12(11)9-15(13)16(18)10-14/h3-10,18H,2H2,1H3. The van der Waals surface area contributed by atoms with E-state index in [2.05, 4.69) is 0 Å². The lowest BCUT2D eigenvalue weighted by molar-refractivity contribution is 0.0526. The number of hydrogen-bond donors (Lipinski definition) is 1. The van der Waals surface area contributed by atoms with Crippen molar-refractivity contribution < 1.29 is 14.6 Å². The van der Waals surface area contributed by atoms with Crippen molar-refractivity contribution in [3.05, 3.63) is 54.1 Å². The topological polar surface area (TPSA) is 46.5 Å². The first kappa shape index (κ1) is 12.5. The normalized spacial score (nSPS) is 10.8. The zero-order valence-corrected chi connectivity index (χ0v) is 11.1. The van der Waals surface area contributed by atoms with Crippen molar-refractivity contribution in [2.45, 2.75) is 6.92 Å². The Morgan fingerprint density at radius 1 is 1.05 bits per heavy atom. The van der Waals surface area contributed by atoms with Gasteiger partial charge < -0.3 is 9.84 Å². The monoisotopic (exact) mass is 266 g/mol. The molecule has 0 heterocycles. The molecule has 20 heavy (non-hydrogen) atoms. The quantitative estimate of drug-likeness (QED) is 0.565. The number of carbonyl (C=O) groups is 1. The van der Waals surface area contributed by atoms with Crippen molar-refractivity contribution >= 4 is 27.5 Å². The van der Waals surface area contributed by atoms with Crippen molar-refractivity contribution in [2.75, 3.05) is 6.61 Å². The molecule has 3 aromatic carbocycles. The minimum absolute atomic E-state index is 0.0938. The van der Waals surface area contributed by atoms with Crippen molar-refractivity contribution in [2.24, 2.45) is 0 Å². The van der Waals surface area contributed by atoms with Gasteiger partial charge in [-0.25, -0.2) is 4.79 Å². The Bertz CT molecular complexity index is 806. The van der Waals surface area contributed by atoms with E-state index in [9.17, 15) is 9.90 Å². The lowest BCUT2D eigenvalue weighted by Crippen LogP contribution is -2.04. The van der Waals surface area contributed by atoms with Crippen LogP contribution in [0.5, 0.6) is 5.75 Å². The van der Waals surface area contributed by atoms with E-state index in [1.807, 2.05) is 36.4 Å². The summed E-state index contributed by atoms with van der Waals surface area (Å²) in [7, 11) is 0. The van der Waals surface area contributed by atoms with Crippen LogP contribution in [0.2, 0.25) is 0 Å². The van der Waals surface area contributed by atoms with Crippen LogP contribution < -0.4 is 0 Å². The van der Waals surface area contributed by atoms with Gasteiger partial charge in [-0.15, -0.1) is 0 Å². The van der Waals surface area contributed by atoms with Crippen LogP contribution in [0.15, 0.2) is 48.5 Å². The van der Waals surface area contributed by atoms with Gasteiger partial charge in [-0.05, 0) is 47.3 Å². The van der Waals surface area contributed by atoms with Gasteiger partial charge in [0.2, 0.25) is 0 Å². The minimum Gasteiger partial charge on any atom is -0.507 e. The Kier molecular flexibility index (Phi) is 3.03. The van der Waals surface area contributed by atoms with Gasteiger partial charge in [-0.2, -0.15) is 0 Å². The molecule has 0 amide bonds. The average Bonchev–Trinajstić information content (AvgIpc) is 2.45. The third kappa shape index (κ3) is 2.07. The number of hydrogen-bond acceptors (Lipinski definition) is 3. The van der Waals surface area contributed by atoms with Gasteiger partial charge in [0.05, 0.1) is 12.2 Å². The summed E-state index contributed by atoms with van der Waals surface area (Å²) < 4.78 is 4.97. The second-order valence-corrected chi connectivity index (χ2v) is 4.64. The van der Waals surface area contributed by atoms with Crippen molar-refractivity contribution in [3.8, 4) is 5.75 Å². The lowest BCUT2D eigenvalue weighted by Gasteiger charge is -2.07. The summed E-state index contributed by atoms with van der Waals surface area (Å²) in [5.74, 6) is -0.325. The van der Waals surface area contributed by atoms with Gasteiger partial charge in [0.15, 0.2) is 0 Å². The van der Waals surface area contributed by atoms with E-state index in [1.54, 1.807) is 13.0 Å². The van der Waals surface area contributed by atoms with E-state index in [4.69, 9.17) is 4.74 Å². The molecule has 0 aliphatic heterocycles. The van der Waals surface area contributed by atoms with E-state index in [0.29, 0.717) is 12.2 Å². The summed E-state index contributed by atoms with van der Waals surface area (Å²) >= 11 is 0. The second-order valence-electron chi connectivity index (χ2n) is 4.64. The number of aromatic hydroxyl groups is 1. The fourth-order valence-corrected chi connectivity index (χ4v) is 2.37. The molecular formula is C17H14O3. The zero-order chi connectivity index (χ0) is 14.1. The Balaban J connectivity index is 2.24. The van der Waals surface area contributed by atoms with E-state index in [1.165, 1.54) is 6.07 Å². The minimum atomic E-state index is -0.419. The number of rotatable bonds is 2. The molecule has 3 heteroatoms. The number of carbonyl (C=O) groups excluding carboxylic acids is 1. The predicted octanol–water partition coefficient (Wildman–Crippen LogP) is 3.88. The van der Waals surface area contributed by atoms with Crippen LogP contribution in [-0.2, 0) is 4.74 Å². The average molecular weight is 266 g/mol. The maximum atomic E-state index is 11.8. The van der Waals surface area contributed by atoms with Gasteiger partial charge in [0, 0.05) is 5.39 Å². The molecule has 100 valence electrons. The zero-order valence-electron chi connectivity index (χ0n) is 11.1. The van der Waals surface area contributed by atoms with Gasteiger partial charge in [-0.1, -0.05) is 24.3 Å². The summed E-state index contributed by atoms with van der Waals surface area (Å²) in [6.45, 7) is 2.07. The van der Waals surface area contributed by atoms with Crippen LogP contribution >= 0.6 is 0 Å². The Morgan fingerprint density at radius 3 is 2.45 bits per heavy atom. The van der Waals surface area contributed by atoms with E-state index in [-0.39, 0.29) is 5.75 Å². The third-order valence-electron chi connectivity index (χ3n) is 3.31. The summed E-state index contributed by atoms with van der Waals surface area (Å²) in [4.78, 5) is 11.8. The van der Waals surface area contributed by atoms with Crippen molar-refractivity contribution in [1.82, 2.24) is 0 Å². The number of ether oxygens (including phenoxy) is 1. The number of phenols is 1. The molecule has 0 spiro atoms. The molecule has 0 aliphatic carbocycles. The number of fused-ring (bicyclic) bond motifs is 2. The van der Waals surface area contributed by atoms with Crippen LogP contribution in [0, 0.1) is 0 Å². The van der Waals surface area contributed by atoms with Crippen LogP contribution in [0.4, 0.5) is 0 Å². The van der Waals surface area contributed by atoms with E-state index < -0.39 is 5.97 Å². The number of benzene rings is 3. The van der Waals surface area contributed by atoms with Gasteiger partial charge >= 0.3 is 5.97 Å². The van der Waals surface area contributed by atoms with Gasteiger partial charge in [0.1, 0.15) is 5.75 Å². The van der Waals surface area contributed by atoms with E-state index >= 15 is 0 Å². The molecule has 0 saturated heterocycles. The molecule has 0 aromatic heterocycles. The van der Waals surface area contributed by atoms with Crippen molar-refractivity contribution in [3.63, 3.8) is 0 Å². The second kappa shape index (κ2) is 4.85. The first-order chi connectivity index (χ1) is 9.69. The fourth-order valence-electron chi connectivity index (χ4n) is 2.37. The van der Waals surface area contributed by atoms with Gasteiger partial charge in [0.25, 0.3) is 0 Å². The first-order valence-electron chi connectivity index (χ1n) is 6.51. The summed E-state index contributed by atoms with van der Waals surface area (Å²) in [5.41, 5.74) is 0.368. The summed E-state index contributed by atoms with van der Waals surface area (Å²) in [5, 5.41) is 13.8. The molecule has 0 bridgehead atoms. The van der Waals surface area contributed by atoms with Crippen LogP contribution in [0.1, 0.15) is 17.3 Å². The predicted molar refractivity (Wildman–Crippen MR) is 79.1 cm³/mol. The molecule has 3 nitrogen and oxygen atoms in total. The molecule has 0 aliphatic rings. The largest absolute Gasteiger partial charge is 0.507 e. The maximum Gasteiger partial charge on any atom is 0.338 e.